The van der Waals surface area contributed by atoms with E-state index >= 15 is 0 Å². The molecule has 1 aliphatic heterocycles. The Bertz CT molecular complexity index is 819. The second-order valence-corrected chi connectivity index (χ2v) is 5.68. The highest BCUT2D eigenvalue weighted by molar-refractivity contribution is 6.04. The normalized spacial score (nSPS) is 15.0. The first-order valence-corrected chi connectivity index (χ1v) is 7.81. The summed E-state index contributed by atoms with van der Waals surface area (Å²) in [6.07, 6.45) is -4.51. The fourth-order valence-electron chi connectivity index (χ4n) is 2.56. The third-order valence-corrected chi connectivity index (χ3v) is 3.87. The second kappa shape index (κ2) is 7.17. The Balaban J connectivity index is 1.71. The number of rotatable bonds is 3. The lowest BCUT2D eigenvalue weighted by Gasteiger charge is -2.26. The fraction of sp³-hybridized carbons (Fsp3) is 0.222. The Morgan fingerprint density at radius 2 is 1.85 bits per heavy atom. The van der Waals surface area contributed by atoms with Gasteiger partial charge in [0.1, 0.15) is 6.61 Å². The lowest BCUT2D eigenvalue weighted by molar-refractivity contribution is -0.137. The number of amides is 2. The van der Waals surface area contributed by atoms with Crippen LogP contribution in [0, 0.1) is 0 Å². The molecule has 0 aliphatic carbocycles. The Hall–Kier alpha value is -2.87. The third-order valence-electron chi connectivity index (χ3n) is 3.87. The van der Waals surface area contributed by atoms with Gasteiger partial charge in [-0.05, 0) is 42.5 Å². The number of carbonyl (C=O) groups excluding carboxylic acids is 2. The molecule has 0 spiro atoms. The van der Waals surface area contributed by atoms with Crippen LogP contribution >= 0.6 is 0 Å². The van der Waals surface area contributed by atoms with Crippen LogP contribution < -0.4 is 10.2 Å². The third kappa shape index (κ3) is 4.02. The molecular weight excluding hydrogens is 349 g/mol. The number of benzene rings is 2. The Kier molecular flexibility index (Phi) is 4.94. The maximum absolute atomic E-state index is 12.7. The zero-order valence-corrected chi connectivity index (χ0v) is 13.5. The van der Waals surface area contributed by atoms with Crippen LogP contribution in [0.2, 0.25) is 0 Å². The number of halogens is 3. The van der Waals surface area contributed by atoms with Crippen LogP contribution in [0.5, 0.6) is 0 Å². The van der Waals surface area contributed by atoms with Gasteiger partial charge in [0.15, 0.2) is 0 Å². The molecule has 0 unspecified atom stereocenters. The number of hydrogen-bond donors (Lipinski definition) is 1. The van der Waals surface area contributed by atoms with Crippen molar-refractivity contribution in [2.45, 2.75) is 6.18 Å². The summed E-state index contributed by atoms with van der Waals surface area (Å²) in [5.41, 5.74) is 0.103. The van der Waals surface area contributed by atoms with Gasteiger partial charge in [0.2, 0.25) is 0 Å². The van der Waals surface area contributed by atoms with Crippen molar-refractivity contribution in [3.8, 4) is 0 Å². The Morgan fingerprint density at radius 3 is 2.50 bits per heavy atom. The molecule has 0 aromatic heterocycles. The SMILES string of the molecule is O=C(Nc1ccc(N2CCOCC2=O)cc1)c1cccc(C(F)(F)F)c1. The molecule has 1 N–H and O–H groups in total. The van der Waals surface area contributed by atoms with Crippen molar-refractivity contribution in [3.05, 3.63) is 59.7 Å². The van der Waals surface area contributed by atoms with Crippen LogP contribution in [0.4, 0.5) is 24.5 Å². The van der Waals surface area contributed by atoms with E-state index in [0.717, 1.165) is 12.1 Å². The number of anilines is 2. The number of nitrogens with zero attached hydrogens (tertiary/aromatic N) is 1. The minimum absolute atomic E-state index is 0.0219. The molecule has 26 heavy (non-hydrogen) atoms. The summed E-state index contributed by atoms with van der Waals surface area (Å²) in [5, 5.41) is 2.54. The average molecular weight is 364 g/mol. The molecule has 3 rings (SSSR count). The van der Waals surface area contributed by atoms with Gasteiger partial charge in [0.05, 0.1) is 12.2 Å². The highest BCUT2D eigenvalue weighted by Gasteiger charge is 2.30. The van der Waals surface area contributed by atoms with Gasteiger partial charge in [0.25, 0.3) is 11.8 Å². The topological polar surface area (TPSA) is 58.6 Å². The van der Waals surface area contributed by atoms with Crippen LogP contribution in [-0.4, -0.2) is 31.6 Å². The molecule has 1 saturated heterocycles. The van der Waals surface area contributed by atoms with Gasteiger partial charge in [-0.1, -0.05) is 6.07 Å². The lowest BCUT2D eigenvalue weighted by atomic mass is 10.1. The van der Waals surface area contributed by atoms with Gasteiger partial charge in [0, 0.05) is 23.5 Å². The van der Waals surface area contributed by atoms with Gasteiger partial charge in [-0.25, -0.2) is 0 Å². The number of ether oxygens (including phenoxy) is 1. The van der Waals surface area contributed by atoms with Crippen LogP contribution in [-0.2, 0) is 15.7 Å². The van der Waals surface area contributed by atoms with E-state index in [1.165, 1.54) is 12.1 Å². The molecule has 8 heteroatoms. The van der Waals surface area contributed by atoms with E-state index in [4.69, 9.17) is 4.74 Å². The average Bonchev–Trinajstić information content (AvgIpc) is 2.62. The lowest BCUT2D eigenvalue weighted by Crippen LogP contribution is -2.41. The highest BCUT2D eigenvalue weighted by atomic mass is 19.4. The second-order valence-electron chi connectivity index (χ2n) is 5.68. The van der Waals surface area contributed by atoms with Gasteiger partial charge >= 0.3 is 6.18 Å². The summed E-state index contributed by atoms with van der Waals surface area (Å²) in [4.78, 5) is 25.5. The van der Waals surface area contributed by atoms with Crippen LogP contribution in [0.1, 0.15) is 15.9 Å². The van der Waals surface area contributed by atoms with Crippen molar-refractivity contribution in [2.24, 2.45) is 0 Å². The van der Waals surface area contributed by atoms with E-state index in [1.54, 1.807) is 29.2 Å². The van der Waals surface area contributed by atoms with Crippen LogP contribution in [0.25, 0.3) is 0 Å². The molecule has 2 aromatic rings. The summed E-state index contributed by atoms with van der Waals surface area (Å²) in [7, 11) is 0. The molecule has 2 amide bonds. The van der Waals surface area contributed by atoms with Crippen LogP contribution in [0.3, 0.4) is 0 Å². The van der Waals surface area contributed by atoms with Gasteiger partial charge in [-0.2, -0.15) is 13.2 Å². The Morgan fingerprint density at radius 1 is 1.12 bits per heavy atom. The largest absolute Gasteiger partial charge is 0.416 e. The van der Waals surface area contributed by atoms with E-state index < -0.39 is 17.6 Å². The number of hydrogen-bond acceptors (Lipinski definition) is 3. The fourth-order valence-corrected chi connectivity index (χ4v) is 2.56. The summed E-state index contributed by atoms with van der Waals surface area (Å²) in [5.74, 6) is -0.802. The van der Waals surface area contributed by atoms with E-state index in [2.05, 4.69) is 5.32 Å². The molecule has 1 aliphatic rings. The van der Waals surface area contributed by atoms with Crippen molar-refractivity contribution >= 4 is 23.2 Å². The first kappa shape index (κ1) is 17.9. The zero-order chi connectivity index (χ0) is 18.7. The maximum Gasteiger partial charge on any atom is 0.416 e. The Labute approximate surface area is 147 Å². The van der Waals surface area contributed by atoms with E-state index in [9.17, 15) is 22.8 Å². The van der Waals surface area contributed by atoms with Gasteiger partial charge < -0.3 is 15.0 Å². The smallest absolute Gasteiger partial charge is 0.370 e. The van der Waals surface area contributed by atoms with Crippen molar-refractivity contribution in [1.29, 1.82) is 0 Å². The van der Waals surface area contributed by atoms with Crippen molar-refractivity contribution < 1.29 is 27.5 Å². The van der Waals surface area contributed by atoms with E-state index in [0.29, 0.717) is 24.5 Å². The molecule has 1 fully saturated rings. The quantitative estimate of drug-likeness (QED) is 0.909. The predicted octanol–water partition coefficient (Wildman–Crippen LogP) is 3.32. The molecule has 1 heterocycles. The number of alkyl halides is 3. The molecule has 0 bridgehead atoms. The van der Waals surface area contributed by atoms with E-state index in [-0.39, 0.29) is 18.1 Å². The summed E-state index contributed by atoms with van der Waals surface area (Å²) in [6.45, 7) is 0.905. The highest BCUT2D eigenvalue weighted by Crippen LogP contribution is 2.29. The maximum atomic E-state index is 12.7. The van der Waals surface area contributed by atoms with Crippen LogP contribution in [0.15, 0.2) is 48.5 Å². The van der Waals surface area contributed by atoms with Crippen molar-refractivity contribution in [3.63, 3.8) is 0 Å². The first-order valence-electron chi connectivity index (χ1n) is 7.81. The molecule has 5 nitrogen and oxygen atoms in total. The molecule has 2 aromatic carbocycles. The van der Waals surface area contributed by atoms with E-state index in [1.807, 2.05) is 0 Å². The van der Waals surface area contributed by atoms with Gasteiger partial charge in [-0.3, -0.25) is 9.59 Å². The standard InChI is InChI=1S/C18H15F3N2O3/c19-18(20,21)13-3-1-2-12(10-13)17(25)22-14-4-6-15(7-5-14)23-8-9-26-11-16(23)24/h1-7,10H,8-9,11H2,(H,22,25). The molecule has 0 atom stereocenters. The van der Waals surface area contributed by atoms with Crippen molar-refractivity contribution in [2.75, 3.05) is 30.0 Å². The number of morpholine rings is 1. The zero-order valence-electron chi connectivity index (χ0n) is 13.5. The summed E-state index contributed by atoms with van der Waals surface area (Å²) in [6, 6.07) is 10.7. The molecular formula is C18H15F3N2O3. The first-order chi connectivity index (χ1) is 12.3. The molecule has 136 valence electrons. The number of nitrogens with one attached hydrogen (secondary N) is 1. The monoisotopic (exact) mass is 364 g/mol. The predicted molar refractivity (Wildman–Crippen MR) is 89.0 cm³/mol. The summed E-state index contributed by atoms with van der Waals surface area (Å²) >= 11 is 0. The number of carbonyl (C=O) groups is 2. The summed E-state index contributed by atoms with van der Waals surface area (Å²) < 4.78 is 43.3. The minimum atomic E-state index is -4.51. The molecule has 0 radical (unpaired) electrons. The minimum Gasteiger partial charge on any atom is -0.370 e. The molecule has 0 saturated carbocycles. The van der Waals surface area contributed by atoms with Gasteiger partial charge in [-0.15, -0.1) is 0 Å². The van der Waals surface area contributed by atoms with Crippen molar-refractivity contribution in [1.82, 2.24) is 0 Å².